The molecule has 3 nitrogen and oxygen atoms in total. The first-order chi connectivity index (χ1) is 3.20. The first kappa shape index (κ1) is 3.86. The molecule has 1 saturated heterocycles. The molecule has 2 rings (SSSR count). The molecule has 0 radical (unpaired) electrons. The average Bonchev–Trinajstić information content (AvgIpc) is 2.13. The van der Waals surface area contributed by atoms with Gasteiger partial charge >= 0.3 is 0 Å². The van der Waals surface area contributed by atoms with Crippen LogP contribution in [0.1, 0.15) is 6.42 Å². The van der Waals surface area contributed by atoms with Crippen molar-refractivity contribution in [1.29, 1.82) is 0 Å². The Labute approximate surface area is 41.4 Å². The number of fused-ring (bicyclic) bond motifs is 1. The standard InChI is InChI=1S/C3H4O3S/c4-7(5)3-1-2(3)6-7/h2-3H,1H2. The maximum atomic E-state index is 10.2. The number of hydrogen-bond acceptors (Lipinski definition) is 3. The van der Waals surface area contributed by atoms with Crippen molar-refractivity contribution in [2.75, 3.05) is 0 Å². The van der Waals surface area contributed by atoms with Crippen molar-refractivity contribution in [3.63, 3.8) is 0 Å². The molecule has 2 atom stereocenters. The van der Waals surface area contributed by atoms with E-state index in [9.17, 15) is 8.42 Å². The predicted octanol–water partition coefficient (Wildman–Crippen LogP) is -0.513. The van der Waals surface area contributed by atoms with Gasteiger partial charge in [0, 0.05) is 0 Å². The van der Waals surface area contributed by atoms with Gasteiger partial charge in [0.05, 0.1) is 6.10 Å². The van der Waals surface area contributed by atoms with E-state index in [4.69, 9.17) is 0 Å². The highest BCUT2D eigenvalue weighted by molar-refractivity contribution is 7.89. The molecule has 0 spiro atoms. The van der Waals surface area contributed by atoms with Crippen LogP contribution in [-0.2, 0) is 14.3 Å². The molecule has 7 heavy (non-hydrogen) atoms. The summed E-state index contributed by atoms with van der Waals surface area (Å²) in [5.41, 5.74) is 0. The zero-order valence-corrected chi connectivity index (χ0v) is 4.31. The Kier molecular flexibility index (Phi) is 0.406. The highest BCUT2D eigenvalue weighted by Crippen LogP contribution is 2.45. The topological polar surface area (TPSA) is 43.4 Å². The Bertz CT molecular complexity index is 192. The van der Waals surface area contributed by atoms with Crippen molar-refractivity contribution in [3.05, 3.63) is 0 Å². The van der Waals surface area contributed by atoms with Gasteiger partial charge in [-0.15, -0.1) is 0 Å². The molecule has 0 amide bonds. The minimum Gasteiger partial charge on any atom is -0.265 e. The summed E-state index contributed by atoms with van der Waals surface area (Å²) in [6.45, 7) is 0. The summed E-state index contributed by atoms with van der Waals surface area (Å²) < 4.78 is 24.8. The van der Waals surface area contributed by atoms with Crippen LogP contribution in [0.3, 0.4) is 0 Å². The summed E-state index contributed by atoms with van der Waals surface area (Å²) in [5, 5.41) is -0.104. The van der Waals surface area contributed by atoms with E-state index in [2.05, 4.69) is 4.18 Å². The molecule has 4 heteroatoms. The maximum Gasteiger partial charge on any atom is 0.273 e. The van der Waals surface area contributed by atoms with Crippen molar-refractivity contribution in [2.24, 2.45) is 0 Å². The highest BCUT2D eigenvalue weighted by Gasteiger charge is 2.61. The molecule has 0 bridgehead atoms. The molecule has 0 aromatic rings. The molecular formula is C3H4O3S. The van der Waals surface area contributed by atoms with Gasteiger partial charge in [-0.1, -0.05) is 0 Å². The van der Waals surface area contributed by atoms with Gasteiger partial charge in [0.15, 0.2) is 0 Å². The van der Waals surface area contributed by atoms with Gasteiger partial charge in [-0.25, -0.2) is 0 Å². The lowest BCUT2D eigenvalue weighted by Gasteiger charge is -2.09. The lowest BCUT2D eigenvalue weighted by molar-refractivity contribution is 0.266. The van der Waals surface area contributed by atoms with Gasteiger partial charge in [0.25, 0.3) is 10.1 Å². The second kappa shape index (κ2) is 0.736. The molecule has 0 aromatic carbocycles. The summed E-state index contributed by atoms with van der Waals surface area (Å²) in [5.74, 6) is 0. The first-order valence-electron chi connectivity index (χ1n) is 2.12. The largest absolute Gasteiger partial charge is 0.273 e. The van der Waals surface area contributed by atoms with E-state index in [1.165, 1.54) is 0 Å². The van der Waals surface area contributed by atoms with Crippen molar-refractivity contribution in [3.8, 4) is 0 Å². The molecule has 2 fully saturated rings. The Morgan fingerprint density at radius 3 is 2.29 bits per heavy atom. The molecule has 0 aromatic heterocycles. The molecule has 1 aliphatic carbocycles. The van der Waals surface area contributed by atoms with E-state index in [0.717, 1.165) is 6.42 Å². The van der Waals surface area contributed by atoms with Crippen LogP contribution >= 0.6 is 0 Å². The molecule has 40 valence electrons. The maximum absolute atomic E-state index is 10.2. The molecule has 1 saturated carbocycles. The van der Waals surface area contributed by atoms with Crippen molar-refractivity contribution >= 4 is 10.1 Å². The smallest absolute Gasteiger partial charge is 0.265 e. The Morgan fingerprint density at radius 2 is 2.29 bits per heavy atom. The Balaban J connectivity index is 2.46. The zero-order valence-electron chi connectivity index (χ0n) is 3.49. The van der Waals surface area contributed by atoms with Gasteiger partial charge in [-0.3, -0.25) is 4.18 Å². The van der Waals surface area contributed by atoms with Gasteiger partial charge in [-0.05, 0) is 6.42 Å². The van der Waals surface area contributed by atoms with Crippen molar-refractivity contribution in [1.82, 2.24) is 0 Å². The lowest BCUT2D eigenvalue weighted by Crippen LogP contribution is -2.26. The molecule has 2 aliphatic rings. The van der Waals surface area contributed by atoms with Crippen molar-refractivity contribution in [2.45, 2.75) is 17.8 Å². The second-order valence-electron chi connectivity index (χ2n) is 1.90. The number of hydrogen-bond donors (Lipinski definition) is 0. The van der Waals surface area contributed by atoms with E-state index >= 15 is 0 Å². The minimum absolute atomic E-state index is 0.0880. The van der Waals surface area contributed by atoms with Crippen LogP contribution in [0.4, 0.5) is 0 Å². The quantitative estimate of drug-likeness (QED) is 0.404. The fraction of sp³-hybridized carbons (Fsp3) is 1.00. The highest BCUT2D eigenvalue weighted by atomic mass is 32.2. The average molecular weight is 120 g/mol. The van der Waals surface area contributed by atoms with Crippen LogP contribution in [0.5, 0.6) is 0 Å². The summed E-state index contributed by atoms with van der Waals surface area (Å²) >= 11 is 0. The Hall–Kier alpha value is -0.0900. The first-order valence-corrected chi connectivity index (χ1v) is 3.59. The van der Waals surface area contributed by atoms with Crippen molar-refractivity contribution < 1.29 is 12.6 Å². The predicted molar refractivity (Wildman–Crippen MR) is 22.2 cm³/mol. The summed E-state index contributed by atoms with van der Waals surface area (Å²) in [4.78, 5) is 0. The van der Waals surface area contributed by atoms with Crippen LogP contribution in [0, 0.1) is 0 Å². The molecule has 1 aliphatic heterocycles. The summed E-state index contributed by atoms with van der Waals surface area (Å²) in [7, 11) is -2.99. The fourth-order valence-corrected chi connectivity index (χ4v) is 2.12. The van der Waals surface area contributed by atoms with Crippen LogP contribution in [0.2, 0.25) is 0 Å². The second-order valence-corrected chi connectivity index (χ2v) is 3.69. The van der Waals surface area contributed by atoms with Crippen LogP contribution < -0.4 is 0 Å². The normalized spacial score (nSPS) is 52.0. The van der Waals surface area contributed by atoms with Gasteiger partial charge in [0.1, 0.15) is 5.25 Å². The summed E-state index contributed by atoms with van der Waals surface area (Å²) in [6, 6.07) is 0. The van der Waals surface area contributed by atoms with E-state index in [1.807, 2.05) is 0 Å². The van der Waals surface area contributed by atoms with Gasteiger partial charge < -0.3 is 0 Å². The molecule has 0 N–H and O–H groups in total. The third-order valence-electron chi connectivity index (χ3n) is 1.30. The third-order valence-corrected chi connectivity index (χ3v) is 3.06. The van der Waals surface area contributed by atoms with Crippen LogP contribution in [-0.4, -0.2) is 19.8 Å². The lowest BCUT2D eigenvalue weighted by atomic mass is 10.9. The third kappa shape index (κ3) is 0.316. The SMILES string of the molecule is O=S1(=O)OC2CC21. The van der Waals surface area contributed by atoms with Crippen LogP contribution in [0.25, 0.3) is 0 Å². The molecular weight excluding hydrogens is 116 g/mol. The van der Waals surface area contributed by atoms with Gasteiger partial charge in [0.2, 0.25) is 0 Å². The number of rotatable bonds is 0. The zero-order chi connectivity index (χ0) is 5.07. The fourth-order valence-electron chi connectivity index (χ4n) is 0.745. The van der Waals surface area contributed by atoms with E-state index in [0.29, 0.717) is 0 Å². The summed E-state index contributed by atoms with van der Waals surface area (Å²) in [6.07, 6.45) is 0.826. The van der Waals surface area contributed by atoms with E-state index < -0.39 is 10.1 Å². The molecule has 2 unspecified atom stereocenters. The Morgan fingerprint density at radius 1 is 1.57 bits per heavy atom. The monoisotopic (exact) mass is 120 g/mol. The molecule has 1 heterocycles. The van der Waals surface area contributed by atoms with E-state index in [-0.39, 0.29) is 11.4 Å². The van der Waals surface area contributed by atoms with Crippen LogP contribution in [0.15, 0.2) is 0 Å². The minimum atomic E-state index is -2.99. The van der Waals surface area contributed by atoms with E-state index in [1.54, 1.807) is 0 Å². The van der Waals surface area contributed by atoms with Gasteiger partial charge in [-0.2, -0.15) is 8.42 Å².